The quantitative estimate of drug-likeness (QED) is 0.838. The van der Waals surface area contributed by atoms with E-state index in [0.29, 0.717) is 23.8 Å². The van der Waals surface area contributed by atoms with E-state index in [-0.39, 0.29) is 17.1 Å². The van der Waals surface area contributed by atoms with Crippen LogP contribution in [0.5, 0.6) is 0 Å². The molecule has 1 atom stereocenters. The molecule has 1 aromatic heterocycles. The molecule has 1 fully saturated rings. The molecule has 2 heterocycles. The van der Waals surface area contributed by atoms with Gasteiger partial charge in [-0.05, 0) is 37.5 Å². The van der Waals surface area contributed by atoms with E-state index in [0.717, 1.165) is 30.6 Å². The number of nitrogens with one attached hydrogen (secondary N) is 2. The second kappa shape index (κ2) is 8.22. The maximum atomic E-state index is 13.2. The van der Waals surface area contributed by atoms with Crippen molar-refractivity contribution in [2.45, 2.75) is 32.2 Å². The average Bonchev–Trinajstić information content (AvgIpc) is 3.28. The van der Waals surface area contributed by atoms with E-state index < -0.39 is 11.7 Å². The average molecular weight is 377 g/mol. The topological polar surface area (TPSA) is 87.2 Å². The first-order valence-corrected chi connectivity index (χ1v) is 9.35. The van der Waals surface area contributed by atoms with Gasteiger partial charge in [0.1, 0.15) is 10.8 Å². The molecule has 1 aliphatic rings. The minimum atomic E-state index is -0.445. The van der Waals surface area contributed by atoms with Gasteiger partial charge in [0.15, 0.2) is 0 Å². The van der Waals surface area contributed by atoms with E-state index in [2.05, 4.69) is 20.8 Å². The van der Waals surface area contributed by atoms with Gasteiger partial charge >= 0.3 is 6.03 Å². The summed E-state index contributed by atoms with van der Waals surface area (Å²) in [5.74, 6) is -0.875. The molecule has 2 aromatic rings. The molecule has 0 unspecified atom stereocenters. The molecular formula is C17H20FN5O2S. The van der Waals surface area contributed by atoms with Gasteiger partial charge < -0.3 is 15.5 Å². The zero-order chi connectivity index (χ0) is 18.5. The number of rotatable bonds is 5. The largest absolute Gasteiger partial charge is 0.338 e. The van der Waals surface area contributed by atoms with Crippen LogP contribution in [-0.2, 0) is 0 Å². The number of carbonyl (C=O) groups is 2. The van der Waals surface area contributed by atoms with Gasteiger partial charge in [-0.2, -0.15) is 0 Å². The second-order valence-electron chi connectivity index (χ2n) is 5.99. The molecule has 0 saturated carbocycles. The van der Waals surface area contributed by atoms with Crippen molar-refractivity contribution >= 4 is 29.0 Å². The monoisotopic (exact) mass is 377 g/mol. The van der Waals surface area contributed by atoms with Crippen LogP contribution < -0.4 is 10.6 Å². The highest BCUT2D eigenvalue weighted by molar-refractivity contribution is 7.13. The van der Waals surface area contributed by atoms with E-state index in [1.54, 1.807) is 11.0 Å². The Labute approximate surface area is 154 Å². The first-order valence-electron chi connectivity index (χ1n) is 8.53. The lowest BCUT2D eigenvalue weighted by atomic mass is 10.2. The third kappa shape index (κ3) is 4.16. The van der Waals surface area contributed by atoms with Gasteiger partial charge in [0.25, 0.3) is 5.91 Å². The lowest BCUT2D eigenvalue weighted by Crippen LogP contribution is -2.39. The lowest BCUT2D eigenvalue weighted by Gasteiger charge is -2.22. The maximum absolute atomic E-state index is 13.2. The number of hydrogen-bond donors (Lipinski definition) is 2. The third-order valence-electron chi connectivity index (χ3n) is 4.04. The van der Waals surface area contributed by atoms with E-state index in [1.807, 2.05) is 6.92 Å². The van der Waals surface area contributed by atoms with Crippen LogP contribution >= 0.6 is 11.3 Å². The normalized spacial score (nSPS) is 16.5. The van der Waals surface area contributed by atoms with Crippen molar-refractivity contribution in [3.8, 4) is 0 Å². The first-order chi connectivity index (χ1) is 12.6. The number of urea groups is 1. The minimum absolute atomic E-state index is 0.115. The van der Waals surface area contributed by atoms with Gasteiger partial charge in [-0.15, -0.1) is 10.2 Å². The fourth-order valence-electron chi connectivity index (χ4n) is 2.81. The summed E-state index contributed by atoms with van der Waals surface area (Å²) in [7, 11) is 0. The second-order valence-corrected chi connectivity index (χ2v) is 7.00. The Morgan fingerprint density at radius 2 is 2.23 bits per heavy atom. The van der Waals surface area contributed by atoms with Crippen molar-refractivity contribution in [3.63, 3.8) is 0 Å². The Kier molecular flexibility index (Phi) is 5.77. The van der Waals surface area contributed by atoms with E-state index in [4.69, 9.17) is 0 Å². The predicted molar refractivity (Wildman–Crippen MR) is 96.6 cm³/mol. The standard InChI is InChI=1S/C17H20FN5O2S/c1-2-8-19-17(25)23-9-4-7-13(23)15-21-22-16(26-15)14(24)20-12-6-3-5-11(18)10-12/h3,5-6,10,13H,2,4,7-9H2,1H3,(H,19,25)(H,20,24)/t13-/m1/s1. The molecule has 3 rings (SSSR count). The van der Waals surface area contributed by atoms with Gasteiger partial charge in [0.2, 0.25) is 5.01 Å². The molecule has 1 aliphatic heterocycles. The molecule has 2 N–H and O–H groups in total. The third-order valence-corrected chi connectivity index (χ3v) is 5.07. The minimum Gasteiger partial charge on any atom is -0.338 e. The first kappa shape index (κ1) is 18.2. The number of aromatic nitrogens is 2. The number of likely N-dealkylation sites (tertiary alicyclic amines) is 1. The number of anilines is 1. The molecule has 26 heavy (non-hydrogen) atoms. The smallest absolute Gasteiger partial charge is 0.317 e. The Hall–Kier alpha value is -2.55. The van der Waals surface area contributed by atoms with Gasteiger partial charge in [-0.1, -0.05) is 24.3 Å². The number of benzene rings is 1. The van der Waals surface area contributed by atoms with E-state index in [1.165, 1.54) is 18.2 Å². The highest BCUT2D eigenvalue weighted by Gasteiger charge is 2.33. The summed E-state index contributed by atoms with van der Waals surface area (Å²) >= 11 is 1.16. The Balaban J connectivity index is 1.68. The van der Waals surface area contributed by atoms with Crippen LogP contribution in [0, 0.1) is 5.82 Å². The summed E-state index contributed by atoms with van der Waals surface area (Å²) in [6.45, 7) is 3.28. The van der Waals surface area contributed by atoms with E-state index in [9.17, 15) is 14.0 Å². The molecule has 0 spiro atoms. The number of nitrogens with zero attached hydrogens (tertiary/aromatic N) is 3. The summed E-state index contributed by atoms with van der Waals surface area (Å²) < 4.78 is 13.2. The fourth-order valence-corrected chi connectivity index (χ4v) is 3.70. The lowest BCUT2D eigenvalue weighted by molar-refractivity contribution is 0.102. The molecule has 3 amide bonds. The summed E-state index contributed by atoms with van der Waals surface area (Å²) in [5.41, 5.74) is 0.355. The highest BCUT2D eigenvalue weighted by atomic mass is 32.1. The molecular weight excluding hydrogens is 357 g/mol. The van der Waals surface area contributed by atoms with Gasteiger partial charge in [0, 0.05) is 18.8 Å². The van der Waals surface area contributed by atoms with Crippen LogP contribution in [0.1, 0.15) is 47.0 Å². The van der Waals surface area contributed by atoms with Crippen molar-refractivity contribution in [2.24, 2.45) is 0 Å². The predicted octanol–water partition coefficient (Wildman–Crippen LogP) is 3.19. The molecule has 7 nitrogen and oxygen atoms in total. The molecule has 0 radical (unpaired) electrons. The molecule has 0 aliphatic carbocycles. The van der Waals surface area contributed by atoms with E-state index >= 15 is 0 Å². The van der Waals surface area contributed by atoms with Crippen LogP contribution in [0.15, 0.2) is 24.3 Å². The van der Waals surface area contributed by atoms with Crippen LogP contribution in [0.25, 0.3) is 0 Å². The number of hydrogen-bond acceptors (Lipinski definition) is 5. The SMILES string of the molecule is CCCNC(=O)N1CCC[C@@H]1c1nnc(C(=O)Nc2cccc(F)c2)s1. The van der Waals surface area contributed by atoms with Gasteiger partial charge in [-0.25, -0.2) is 9.18 Å². The maximum Gasteiger partial charge on any atom is 0.317 e. The summed E-state index contributed by atoms with van der Waals surface area (Å²) in [5, 5.41) is 14.3. The molecule has 9 heteroatoms. The Bertz CT molecular complexity index is 797. The number of amides is 3. The van der Waals surface area contributed by atoms with Gasteiger partial charge in [0.05, 0.1) is 6.04 Å². The molecule has 0 bridgehead atoms. The van der Waals surface area contributed by atoms with Crippen LogP contribution in [-0.4, -0.2) is 40.1 Å². The van der Waals surface area contributed by atoms with Crippen LogP contribution in [0.3, 0.4) is 0 Å². The fraction of sp³-hybridized carbons (Fsp3) is 0.412. The van der Waals surface area contributed by atoms with Crippen LogP contribution in [0.4, 0.5) is 14.9 Å². The van der Waals surface area contributed by atoms with Crippen molar-refractivity contribution in [1.82, 2.24) is 20.4 Å². The number of carbonyl (C=O) groups excluding carboxylic acids is 2. The van der Waals surface area contributed by atoms with Crippen molar-refractivity contribution < 1.29 is 14.0 Å². The molecule has 138 valence electrons. The highest BCUT2D eigenvalue weighted by Crippen LogP contribution is 2.33. The number of halogens is 1. The summed E-state index contributed by atoms with van der Waals surface area (Å²) in [6.07, 6.45) is 2.54. The zero-order valence-electron chi connectivity index (χ0n) is 14.4. The zero-order valence-corrected chi connectivity index (χ0v) is 15.2. The molecule has 1 saturated heterocycles. The Morgan fingerprint density at radius 1 is 1.38 bits per heavy atom. The molecule has 1 aromatic carbocycles. The Morgan fingerprint density at radius 3 is 3.00 bits per heavy atom. The van der Waals surface area contributed by atoms with Gasteiger partial charge in [-0.3, -0.25) is 4.79 Å². The summed E-state index contributed by atoms with van der Waals surface area (Å²) in [4.78, 5) is 26.3. The van der Waals surface area contributed by atoms with Crippen LogP contribution in [0.2, 0.25) is 0 Å². The van der Waals surface area contributed by atoms with Crippen molar-refractivity contribution in [1.29, 1.82) is 0 Å². The summed E-state index contributed by atoms with van der Waals surface area (Å²) in [6, 6.07) is 5.37. The van der Waals surface area contributed by atoms with Crippen molar-refractivity contribution in [2.75, 3.05) is 18.4 Å². The van der Waals surface area contributed by atoms with Crippen molar-refractivity contribution in [3.05, 3.63) is 40.1 Å².